The zero-order chi connectivity index (χ0) is 13.5. The van der Waals surface area contributed by atoms with E-state index in [1.807, 2.05) is 24.3 Å². The zero-order valence-electron chi connectivity index (χ0n) is 10.1. The molecule has 1 aromatic heterocycles. The van der Waals surface area contributed by atoms with Crippen LogP contribution < -0.4 is 10.1 Å². The van der Waals surface area contributed by atoms with E-state index in [0.29, 0.717) is 24.5 Å². The molecule has 0 aliphatic heterocycles. The Bertz CT molecular complexity index is 595. The summed E-state index contributed by atoms with van der Waals surface area (Å²) in [6, 6.07) is 13.2. The van der Waals surface area contributed by atoms with Crippen LogP contribution in [0.4, 0.5) is 5.82 Å². The van der Waals surface area contributed by atoms with Gasteiger partial charge in [-0.05, 0) is 30.3 Å². The molecule has 5 heteroatoms. The van der Waals surface area contributed by atoms with Crippen molar-refractivity contribution >= 4 is 21.7 Å². The van der Waals surface area contributed by atoms with Crippen LogP contribution in [0.25, 0.3) is 0 Å². The zero-order valence-corrected chi connectivity index (χ0v) is 11.7. The first kappa shape index (κ1) is 13.4. The van der Waals surface area contributed by atoms with Crippen LogP contribution in [-0.2, 0) is 0 Å². The fraction of sp³-hybridized carbons (Fsp3) is 0.143. The van der Waals surface area contributed by atoms with Gasteiger partial charge in [-0.1, -0.05) is 22.0 Å². The molecule has 0 aliphatic rings. The minimum atomic E-state index is 0.498. The largest absolute Gasteiger partial charge is 0.492 e. The number of aromatic nitrogens is 1. The molecule has 0 atom stereocenters. The predicted molar refractivity (Wildman–Crippen MR) is 77.1 cm³/mol. The lowest BCUT2D eigenvalue weighted by Crippen LogP contribution is -2.13. The highest BCUT2D eigenvalue weighted by Gasteiger charge is 2.01. The van der Waals surface area contributed by atoms with Crippen LogP contribution in [0, 0.1) is 11.3 Å². The number of nitriles is 1. The normalized spacial score (nSPS) is 9.68. The van der Waals surface area contributed by atoms with E-state index in [9.17, 15) is 0 Å². The minimum Gasteiger partial charge on any atom is -0.492 e. The van der Waals surface area contributed by atoms with Crippen molar-refractivity contribution in [3.8, 4) is 11.8 Å². The van der Waals surface area contributed by atoms with Crippen LogP contribution in [0.3, 0.4) is 0 Å². The Morgan fingerprint density at radius 2 is 2.21 bits per heavy atom. The first-order chi connectivity index (χ1) is 9.29. The van der Waals surface area contributed by atoms with Gasteiger partial charge in [-0.15, -0.1) is 0 Å². The van der Waals surface area contributed by atoms with Gasteiger partial charge in [0, 0.05) is 10.7 Å². The number of benzene rings is 1. The summed E-state index contributed by atoms with van der Waals surface area (Å²) >= 11 is 3.39. The quantitative estimate of drug-likeness (QED) is 0.860. The van der Waals surface area contributed by atoms with Crippen molar-refractivity contribution in [1.82, 2.24) is 4.98 Å². The molecule has 96 valence electrons. The van der Waals surface area contributed by atoms with Crippen LogP contribution in [0.15, 0.2) is 47.1 Å². The number of ether oxygens (including phenoxy) is 1. The number of rotatable bonds is 5. The molecule has 0 bridgehead atoms. The molecule has 0 unspecified atom stereocenters. The van der Waals surface area contributed by atoms with Gasteiger partial charge in [-0.2, -0.15) is 5.26 Å². The van der Waals surface area contributed by atoms with Crippen molar-refractivity contribution in [3.63, 3.8) is 0 Å². The Balaban J connectivity index is 1.83. The third kappa shape index (κ3) is 3.97. The third-order valence-corrected chi connectivity index (χ3v) is 2.88. The molecule has 1 N–H and O–H groups in total. The topological polar surface area (TPSA) is 57.9 Å². The highest BCUT2D eigenvalue weighted by molar-refractivity contribution is 9.10. The molecule has 0 radical (unpaired) electrons. The summed E-state index contributed by atoms with van der Waals surface area (Å²) in [5.74, 6) is 1.39. The van der Waals surface area contributed by atoms with Gasteiger partial charge in [0.05, 0.1) is 12.1 Å². The van der Waals surface area contributed by atoms with E-state index in [2.05, 4.69) is 32.3 Å². The molecule has 0 aliphatic carbocycles. The summed E-state index contributed by atoms with van der Waals surface area (Å²) in [6.45, 7) is 1.08. The SMILES string of the molecule is N#Cc1cccnc1NCCOc1cccc(Br)c1. The van der Waals surface area contributed by atoms with Gasteiger partial charge in [0.25, 0.3) is 0 Å². The molecule has 4 nitrogen and oxygen atoms in total. The molecule has 2 aromatic rings. The van der Waals surface area contributed by atoms with Gasteiger partial charge in [-0.3, -0.25) is 0 Å². The second-order valence-electron chi connectivity index (χ2n) is 3.74. The average molecular weight is 318 g/mol. The fourth-order valence-electron chi connectivity index (χ4n) is 1.53. The van der Waals surface area contributed by atoms with E-state index in [-0.39, 0.29) is 0 Å². The number of anilines is 1. The monoisotopic (exact) mass is 317 g/mol. The summed E-state index contributed by atoms with van der Waals surface area (Å²) in [5.41, 5.74) is 0.532. The maximum Gasteiger partial charge on any atom is 0.144 e. The Kier molecular flexibility index (Phi) is 4.76. The van der Waals surface area contributed by atoms with Crippen molar-refractivity contribution in [1.29, 1.82) is 5.26 Å². The van der Waals surface area contributed by atoms with Gasteiger partial charge in [0.15, 0.2) is 0 Å². The molecule has 0 spiro atoms. The van der Waals surface area contributed by atoms with Crippen LogP contribution in [0.1, 0.15) is 5.56 Å². The van der Waals surface area contributed by atoms with Crippen molar-refractivity contribution in [2.75, 3.05) is 18.5 Å². The van der Waals surface area contributed by atoms with E-state index in [4.69, 9.17) is 10.00 Å². The van der Waals surface area contributed by atoms with E-state index >= 15 is 0 Å². The molecule has 0 fully saturated rings. The van der Waals surface area contributed by atoms with Crippen molar-refractivity contribution < 1.29 is 4.74 Å². The lowest BCUT2D eigenvalue weighted by atomic mass is 10.3. The first-order valence-corrected chi connectivity index (χ1v) is 6.56. The van der Waals surface area contributed by atoms with Gasteiger partial charge < -0.3 is 10.1 Å². The summed E-state index contributed by atoms with van der Waals surface area (Å²) in [7, 11) is 0. The summed E-state index contributed by atoms with van der Waals surface area (Å²) in [4.78, 5) is 4.11. The van der Waals surface area contributed by atoms with Crippen molar-refractivity contribution in [3.05, 3.63) is 52.6 Å². The summed E-state index contributed by atoms with van der Waals surface area (Å²) < 4.78 is 6.56. The first-order valence-electron chi connectivity index (χ1n) is 5.77. The molecule has 0 saturated carbocycles. The van der Waals surface area contributed by atoms with Crippen LogP contribution >= 0.6 is 15.9 Å². The third-order valence-electron chi connectivity index (χ3n) is 2.39. The van der Waals surface area contributed by atoms with E-state index in [1.165, 1.54) is 0 Å². The van der Waals surface area contributed by atoms with Gasteiger partial charge >= 0.3 is 0 Å². The highest BCUT2D eigenvalue weighted by Crippen LogP contribution is 2.17. The standard InChI is InChI=1S/C14H12BrN3O/c15-12-4-1-5-13(9-12)19-8-7-18-14-11(10-16)3-2-6-17-14/h1-6,9H,7-8H2,(H,17,18). The average Bonchev–Trinajstić information content (AvgIpc) is 2.44. The Hall–Kier alpha value is -2.06. The molecular formula is C14H12BrN3O. The number of pyridine rings is 1. The van der Waals surface area contributed by atoms with E-state index < -0.39 is 0 Å². The van der Waals surface area contributed by atoms with Crippen LogP contribution in [0.5, 0.6) is 5.75 Å². The molecular weight excluding hydrogens is 306 g/mol. The van der Waals surface area contributed by atoms with Gasteiger partial charge in [0.2, 0.25) is 0 Å². The second-order valence-corrected chi connectivity index (χ2v) is 4.66. The highest BCUT2D eigenvalue weighted by atomic mass is 79.9. The minimum absolute atomic E-state index is 0.498. The molecule has 0 saturated heterocycles. The van der Waals surface area contributed by atoms with Crippen molar-refractivity contribution in [2.45, 2.75) is 0 Å². The van der Waals surface area contributed by atoms with E-state index in [1.54, 1.807) is 18.3 Å². The maximum absolute atomic E-state index is 8.92. The van der Waals surface area contributed by atoms with Crippen molar-refractivity contribution in [2.24, 2.45) is 0 Å². The van der Waals surface area contributed by atoms with Gasteiger partial charge in [0.1, 0.15) is 24.2 Å². The Morgan fingerprint density at radius 3 is 3.00 bits per heavy atom. The number of nitrogens with zero attached hydrogens (tertiary/aromatic N) is 2. The lowest BCUT2D eigenvalue weighted by molar-refractivity contribution is 0.332. The molecule has 0 amide bonds. The fourth-order valence-corrected chi connectivity index (χ4v) is 1.91. The number of nitrogens with one attached hydrogen (secondary N) is 1. The van der Waals surface area contributed by atoms with E-state index in [0.717, 1.165) is 10.2 Å². The molecule has 19 heavy (non-hydrogen) atoms. The second kappa shape index (κ2) is 6.76. The number of halogens is 1. The Morgan fingerprint density at radius 1 is 1.32 bits per heavy atom. The summed E-state index contributed by atoms with van der Waals surface area (Å²) in [6.07, 6.45) is 1.65. The molecule has 2 rings (SSSR count). The maximum atomic E-state index is 8.92. The smallest absolute Gasteiger partial charge is 0.144 e. The summed E-state index contributed by atoms with van der Waals surface area (Å²) in [5, 5.41) is 12.0. The lowest BCUT2D eigenvalue weighted by Gasteiger charge is -2.09. The number of hydrogen-bond acceptors (Lipinski definition) is 4. The van der Waals surface area contributed by atoms with Crippen LogP contribution in [0.2, 0.25) is 0 Å². The number of hydrogen-bond donors (Lipinski definition) is 1. The Labute approximate surface area is 120 Å². The van der Waals surface area contributed by atoms with Gasteiger partial charge in [-0.25, -0.2) is 4.98 Å². The predicted octanol–water partition coefficient (Wildman–Crippen LogP) is 3.21. The molecule has 1 aromatic carbocycles. The molecule has 1 heterocycles. The van der Waals surface area contributed by atoms with Crippen LogP contribution in [-0.4, -0.2) is 18.1 Å².